The quantitative estimate of drug-likeness (QED) is 0.773. The molecule has 0 aliphatic carbocycles. The number of aliphatic hydroxyl groups is 1. The fourth-order valence-corrected chi connectivity index (χ4v) is 1.34. The minimum absolute atomic E-state index is 0.326. The highest BCUT2D eigenvalue weighted by molar-refractivity contribution is 5.32. The standard InChI is InChI=1S/C11H19N3O/c1-8(2)6-10(15)7-12-11-5-4-9(3)13-14-11/h4-5,8,10,15H,6-7H2,1-3H3,(H,12,14). The van der Waals surface area contributed by atoms with Crippen molar-refractivity contribution in [3.8, 4) is 0 Å². The summed E-state index contributed by atoms with van der Waals surface area (Å²) in [6.07, 6.45) is 0.472. The van der Waals surface area contributed by atoms with Crippen LogP contribution in [0.25, 0.3) is 0 Å². The third kappa shape index (κ3) is 4.74. The molecule has 0 spiro atoms. The molecule has 0 saturated heterocycles. The van der Waals surface area contributed by atoms with Crippen LogP contribution in [0.15, 0.2) is 12.1 Å². The Hall–Kier alpha value is -1.16. The summed E-state index contributed by atoms with van der Waals surface area (Å²) >= 11 is 0. The van der Waals surface area contributed by atoms with Crippen molar-refractivity contribution in [2.45, 2.75) is 33.3 Å². The van der Waals surface area contributed by atoms with Crippen LogP contribution in [0.4, 0.5) is 5.82 Å². The van der Waals surface area contributed by atoms with Gasteiger partial charge in [-0.2, -0.15) is 5.10 Å². The summed E-state index contributed by atoms with van der Waals surface area (Å²) in [7, 11) is 0. The lowest BCUT2D eigenvalue weighted by molar-refractivity contribution is 0.161. The first-order valence-corrected chi connectivity index (χ1v) is 5.30. The number of aliphatic hydroxyl groups excluding tert-OH is 1. The van der Waals surface area contributed by atoms with Crippen molar-refractivity contribution in [3.63, 3.8) is 0 Å². The van der Waals surface area contributed by atoms with Crippen LogP contribution in [-0.2, 0) is 0 Å². The lowest BCUT2D eigenvalue weighted by Crippen LogP contribution is -2.21. The van der Waals surface area contributed by atoms with Crippen LogP contribution in [0.1, 0.15) is 26.0 Å². The van der Waals surface area contributed by atoms with Gasteiger partial charge in [-0.15, -0.1) is 5.10 Å². The Morgan fingerprint density at radius 2 is 2.07 bits per heavy atom. The summed E-state index contributed by atoms with van der Waals surface area (Å²) in [6.45, 7) is 6.60. The fraction of sp³-hybridized carbons (Fsp3) is 0.636. The van der Waals surface area contributed by atoms with Gasteiger partial charge in [0.1, 0.15) is 5.82 Å². The molecule has 0 radical (unpaired) electrons. The van der Waals surface area contributed by atoms with Gasteiger partial charge in [-0.05, 0) is 31.4 Å². The van der Waals surface area contributed by atoms with Gasteiger partial charge in [0.05, 0.1) is 11.8 Å². The third-order valence-electron chi connectivity index (χ3n) is 2.06. The zero-order valence-corrected chi connectivity index (χ0v) is 9.57. The second-order valence-corrected chi connectivity index (χ2v) is 4.22. The summed E-state index contributed by atoms with van der Waals surface area (Å²) in [5.41, 5.74) is 0.892. The number of rotatable bonds is 5. The SMILES string of the molecule is Cc1ccc(NCC(O)CC(C)C)nn1. The maximum absolute atomic E-state index is 9.62. The molecule has 4 heteroatoms. The fourth-order valence-electron chi connectivity index (χ4n) is 1.34. The van der Waals surface area contributed by atoms with Crippen molar-refractivity contribution in [2.24, 2.45) is 5.92 Å². The van der Waals surface area contributed by atoms with E-state index in [1.165, 1.54) is 0 Å². The smallest absolute Gasteiger partial charge is 0.148 e. The second-order valence-electron chi connectivity index (χ2n) is 4.22. The normalized spacial score (nSPS) is 12.9. The van der Waals surface area contributed by atoms with Gasteiger partial charge >= 0.3 is 0 Å². The van der Waals surface area contributed by atoms with Crippen molar-refractivity contribution < 1.29 is 5.11 Å². The molecule has 1 unspecified atom stereocenters. The minimum Gasteiger partial charge on any atom is -0.391 e. The Kier molecular flexibility index (Phi) is 4.49. The van der Waals surface area contributed by atoms with E-state index in [1.54, 1.807) is 0 Å². The average Bonchev–Trinajstić information content (AvgIpc) is 2.16. The van der Waals surface area contributed by atoms with Gasteiger partial charge in [0.15, 0.2) is 0 Å². The van der Waals surface area contributed by atoms with Crippen LogP contribution in [0.3, 0.4) is 0 Å². The molecule has 2 N–H and O–H groups in total. The molecule has 1 aromatic heterocycles. The summed E-state index contributed by atoms with van der Waals surface area (Å²) in [5.74, 6) is 1.22. The lowest BCUT2D eigenvalue weighted by atomic mass is 10.1. The molecule has 1 aromatic rings. The highest BCUT2D eigenvalue weighted by Crippen LogP contribution is 2.06. The molecular weight excluding hydrogens is 190 g/mol. The predicted molar refractivity (Wildman–Crippen MR) is 60.7 cm³/mol. The summed E-state index contributed by atoms with van der Waals surface area (Å²) in [6, 6.07) is 3.76. The third-order valence-corrected chi connectivity index (χ3v) is 2.06. The maximum Gasteiger partial charge on any atom is 0.148 e. The molecule has 0 saturated carbocycles. The number of aryl methyl sites for hydroxylation is 1. The number of anilines is 1. The molecular formula is C11H19N3O. The van der Waals surface area contributed by atoms with E-state index in [4.69, 9.17) is 0 Å². The number of nitrogens with zero attached hydrogens (tertiary/aromatic N) is 2. The van der Waals surface area contributed by atoms with Gasteiger partial charge in [0.25, 0.3) is 0 Å². The first kappa shape index (κ1) is 11.9. The zero-order chi connectivity index (χ0) is 11.3. The molecule has 0 aliphatic rings. The molecule has 0 amide bonds. The number of hydrogen-bond donors (Lipinski definition) is 2. The zero-order valence-electron chi connectivity index (χ0n) is 9.57. The molecule has 1 heterocycles. The van der Waals surface area contributed by atoms with Crippen LogP contribution < -0.4 is 5.32 Å². The summed E-state index contributed by atoms with van der Waals surface area (Å²) in [5, 5.41) is 20.6. The molecule has 4 nitrogen and oxygen atoms in total. The predicted octanol–water partition coefficient (Wildman–Crippen LogP) is 1.60. The van der Waals surface area contributed by atoms with Crippen molar-refractivity contribution in [1.82, 2.24) is 10.2 Å². The molecule has 84 valence electrons. The van der Waals surface area contributed by atoms with E-state index in [-0.39, 0.29) is 6.10 Å². The van der Waals surface area contributed by atoms with E-state index in [0.717, 1.165) is 12.1 Å². The maximum atomic E-state index is 9.62. The van der Waals surface area contributed by atoms with Crippen LogP contribution in [0.5, 0.6) is 0 Å². The monoisotopic (exact) mass is 209 g/mol. The van der Waals surface area contributed by atoms with Crippen molar-refractivity contribution >= 4 is 5.82 Å². The highest BCUT2D eigenvalue weighted by atomic mass is 16.3. The Labute approximate surface area is 90.7 Å². The molecule has 0 fully saturated rings. The molecule has 1 rings (SSSR count). The van der Waals surface area contributed by atoms with Crippen LogP contribution in [0.2, 0.25) is 0 Å². The number of nitrogens with one attached hydrogen (secondary N) is 1. The van der Waals surface area contributed by atoms with Crippen molar-refractivity contribution in [2.75, 3.05) is 11.9 Å². The number of aromatic nitrogens is 2. The summed E-state index contributed by atoms with van der Waals surface area (Å²) < 4.78 is 0. The van der Waals surface area contributed by atoms with E-state index in [1.807, 2.05) is 19.1 Å². The number of hydrogen-bond acceptors (Lipinski definition) is 4. The molecule has 1 atom stereocenters. The first-order valence-electron chi connectivity index (χ1n) is 5.30. The van der Waals surface area contributed by atoms with Gasteiger partial charge in [-0.25, -0.2) is 0 Å². The Morgan fingerprint density at radius 1 is 1.33 bits per heavy atom. The Bertz CT molecular complexity index is 284. The van der Waals surface area contributed by atoms with Crippen LogP contribution in [0, 0.1) is 12.8 Å². The van der Waals surface area contributed by atoms with Gasteiger partial charge in [0.2, 0.25) is 0 Å². The van der Waals surface area contributed by atoms with Crippen molar-refractivity contribution in [3.05, 3.63) is 17.8 Å². The molecule has 0 aromatic carbocycles. The topological polar surface area (TPSA) is 58.0 Å². The molecule has 0 aliphatic heterocycles. The Balaban J connectivity index is 2.33. The minimum atomic E-state index is -0.326. The van der Waals surface area contributed by atoms with E-state index in [9.17, 15) is 5.11 Å². The second kappa shape index (κ2) is 5.66. The average molecular weight is 209 g/mol. The van der Waals surface area contributed by atoms with Gasteiger partial charge in [0, 0.05) is 6.54 Å². The molecule has 0 bridgehead atoms. The van der Waals surface area contributed by atoms with Gasteiger partial charge in [-0.3, -0.25) is 0 Å². The van der Waals surface area contributed by atoms with E-state index in [0.29, 0.717) is 18.3 Å². The van der Waals surface area contributed by atoms with E-state index in [2.05, 4.69) is 29.4 Å². The molecule has 15 heavy (non-hydrogen) atoms. The van der Waals surface area contributed by atoms with Crippen LogP contribution in [-0.4, -0.2) is 28.0 Å². The van der Waals surface area contributed by atoms with E-state index >= 15 is 0 Å². The largest absolute Gasteiger partial charge is 0.391 e. The lowest BCUT2D eigenvalue weighted by Gasteiger charge is -2.13. The van der Waals surface area contributed by atoms with Crippen LogP contribution >= 0.6 is 0 Å². The highest BCUT2D eigenvalue weighted by Gasteiger charge is 2.06. The van der Waals surface area contributed by atoms with E-state index < -0.39 is 0 Å². The van der Waals surface area contributed by atoms with Crippen molar-refractivity contribution in [1.29, 1.82) is 0 Å². The summed E-state index contributed by atoms with van der Waals surface area (Å²) in [4.78, 5) is 0. The van der Waals surface area contributed by atoms with Gasteiger partial charge in [-0.1, -0.05) is 13.8 Å². The van der Waals surface area contributed by atoms with Gasteiger partial charge < -0.3 is 10.4 Å². The first-order chi connectivity index (χ1) is 7.08. The Morgan fingerprint density at radius 3 is 2.60 bits per heavy atom.